The van der Waals surface area contributed by atoms with E-state index in [0.29, 0.717) is 12.5 Å². The molecule has 0 saturated carbocycles. The van der Waals surface area contributed by atoms with Crippen molar-refractivity contribution >= 4 is 26.0 Å². The van der Waals surface area contributed by atoms with Crippen molar-refractivity contribution in [3.63, 3.8) is 0 Å². The SMILES string of the molecule is CCCN1CCC(CNS(=O)(=O)c2ccc(F)cc2Br)CC1. The molecule has 4 nitrogen and oxygen atoms in total. The van der Waals surface area contributed by atoms with Gasteiger partial charge in [-0.15, -0.1) is 0 Å². The molecule has 22 heavy (non-hydrogen) atoms. The molecule has 0 aliphatic carbocycles. The van der Waals surface area contributed by atoms with Crippen molar-refractivity contribution < 1.29 is 12.8 Å². The first kappa shape index (κ1) is 17.8. The molecule has 1 aliphatic rings. The van der Waals surface area contributed by atoms with Gasteiger partial charge in [0.05, 0.1) is 4.90 Å². The average molecular weight is 393 g/mol. The summed E-state index contributed by atoms with van der Waals surface area (Å²) in [6.07, 6.45) is 3.16. The van der Waals surface area contributed by atoms with E-state index >= 15 is 0 Å². The lowest BCUT2D eigenvalue weighted by molar-refractivity contribution is 0.186. The van der Waals surface area contributed by atoms with Crippen molar-refractivity contribution in [2.45, 2.75) is 31.1 Å². The zero-order valence-corrected chi connectivity index (χ0v) is 15.1. The molecule has 7 heteroatoms. The van der Waals surface area contributed by atoms with E-state index in [4.69, 9.17) is 0 Å². The molecule has 2 rings (SSSR count). The Labute approximate surface area is 140 Å². The van der Waals surface area contributed by atoms with E-state index in [0.717, 1.165) is 51.0 Å². The predicted octanol–water partition coefficient (Wildman–Crippen LogP) is 2.99. The Bertz CT molecular complexity index is 602. The van der Waals surface area contributed by atoms with Crippen LogP contribution in [-0.4, -0.2) is 39.5 Å². The number of piperidine rings is 1. The number of sulfonamides is 1. The molecule has 0 radical (unpaired) electrons. The number of likely N-dealkylation sites (tertiary alicyclic amines) is 1. The average Bonchev–Trinajstić information content (AvgIpc) is 2.46. The minimum Gasteiger partial charge on any atom is -0.303 e. The van der Waals surface area contributed by atoms with Crippen LogP contribution in [0.2, 0.25) is 0 Å². The summed E-state index contributed by atoms with van der Waals surface area (Å²) < 4.78 is 40.6. The second-order valence-electron chi connectivity index (χ2n) is 5.71. The van der Waals surface area contributed by atoms with E-state index in [-0.39, 0.29) is 9.37 Å². The van der Waals surface area contributed by atoms with Crippen molar-refractivity contribution in [1.29, 1.82) is 0 Å². The number of halogens is 2. The fourth-order valence-corrected chi connectivity index (χ4v) is 4.89. The summed E-state index contributed by atoms with van der Waals surface area (Å²) in [4.78, 5) is 2.50. The van der Waals surface area contributed by atoms with Gasteiger partial charge in [0.25, 0.3) is 0 Å². The van der Waals surface area contributed by atoms with E-state index in [1.165, 1.54) is 6.07 Å². The first-order valence-corrected chi connectivity index (χ1v) is 9.87. The van der Waals surface area contributed by atoms with Crippen LogP contribution in [0.15, 0.2) is 27.6 Å². The highest BCUT2D eigenvalue weighted by atomic mass is 79.9. The molecule has 124 valence electrons. The lowest BCUT2D eigenvalue weighted by Crippen LogP contribution is -2.38. The zero-order chi connectivity index (χ0) is 16.2. The van der Waals surface area contributed by atoms with Gasteiger partial charge >= 0.3 is 0 Å². The van der Waals surface area contributed by atoms with Gasteiger partial charge in [-0.1, -0.05) is 6.92 Å². The predicted molar refractivity (Wildman–Crippen MR) is 88.7 cm³/mol. The fraction of sp³-hybridized carbons (Fsp3) is 0.600. The van der Waals surface area contributed by atoms with E-state index in [1.807, 2.05) is 0 Å². The number of rotatable bonds is 6. The van der Waals surface area contributed by atoms with Crippen molar-refractivity contribution in [2.75, 3.05) is 26.2 Å². The monoisotopic (exact) mass is 392 g/mol. The molecule has 1 heterocycles. The van der Waals surface area contributed by atoms with Crippen LogP contribution in [-0.2, 0) is 10.0 Å². The maximum absolute atomic E-state index is 13.1. The molecule has 0 unspecified atom stereocenters. The number of benzene rings is 1. The minimum absolute atomic E-state index is 0.0809. The first-order chi connectivity index (χ1) is 10.4. The molecule has 0 aromatic heterocycles. The Balaban J connectivity index is 1.91. The van der Waals surface area contributed by atoms with Crippen molar-refractivity contribution in [3.05, 3.63) is 28.5 Å². The van der Waals surface area contributed by atoms with Gasteiger partial charge in [0, 0.05) is 11.0 Å². The molecule has 1 aromatic carbocycles. The van der Waals surface area contributed by atoms with Gasteiger partial charge in [-0.3, -0.25) is 0 Å². The molecule has 1 saturated heterocycles. The highest BCUT2D eigenvalue weighted by Crippen LogP contribution is 2.23. The molecular formula is C15H22BrFN2O2S. The van der Waals surface area contributed by atoms with Crippen LogP contribution in [0.4, 0.5) is 4.39 Å². The molecular weight excluding hydrogens is 371 g/mol. The topological polar surface area (TPSA) is 49.4 Å². The summed E-state index contributed by atoms with van der Waals surface area (Å²) >= 11 is 3.11. The largest absolute Gasteiger partial charge is 0.303 e. The smallest absolute Gasteiger partial charge is 0.241 e. The summed E-state index contributed by atoms with van der Waals surface area (Å²) in [6.45, 7) is 5.77. The third-order valence-electron chi connectivity index (χ3n) is 3.99. The van der Waals surface area contributed by atoms with Crippen LogP contribution < -0.4 is 4.72 Å². The molecule has 1 aromatic rings. The maximum Gasteiger partial charge on any atom is 0.241 e. The van der Waals surface area contributed by atoms with E-state index in [9.17, 15) is 12.8 Å². The van der Waals surface area contributed by atoms with Gasteiger partial charge in [0.2, 0.25) is 10.0 Å². The fourth-order valence-electron chi connectivity index (χ4n) is 2.73. The summed E-state index contributed by atoms with van der Waals surface area (Å²) in [5.41, 5.74) is 0. The second kappa shape index (κ2) is 7.86. The van der Waals surface area contributed by atoms with Crippen LogP contribution in [0.25, 0.3) is 0 Å². The van der Waals surface area contributed by atoms with Gasteiger partial charge in [-0.05, 0) is 78.9 Å². The van der Waals surface area contributed by atoms with Crippen LogP contribution >= 0.6 is 15.9 Å². The summed E-state index contributed by atoms with van der Waals surface area (Å²) in [7, 11) is -3.61. The number of hydrogen-bond donors (Lipinski definition) is 1. The standard InChI is InChI=1S/C15H22BrFN2O2S/c1-2-7-19-8-5-12(6-9-19)11-18-22(20,21)15-4-3-13(17)10-14(15)16/h3-4,10,12,18H,2,5-9,11H2,1H3. The quantitative estimate of drug-likeness (QED) is 0.809. The molecule has 0 atom stereocenters. The Hall–Kier alpha value is -0.500. The van der Waals surface area contributed by atoms with Gasteiger partial charge in [0.15, 0.2) is 0 Å². The molecule has 0 bridgehead atoms. The van der Waals surface area contributed by atoms with Gasteiger partial charge in [-0.2, -0.15) is 0 Å². The molecule has 0 spiro atoms. The summed E-state index contributed by atoms with van der Waals surface area (Å²) in [5, 5.41) is 0. The van der Waals surface area contributed by atoms with Crippen molar-refractivity contribution in [1.82, 2.24) is 9.62 Å². The van der Waals surface area contributed by atoms with Crippen LogP contribution in [0.3, 0.4) is 0 Å². The van der Waals surface area contributed by atoms with E-state index in [2.05, 4.69) is 32.5 Å². The van der Waals surface area contributed by atoms with Gasteiger partial charge < -0.3 is 4.90 Å². The highest BCUT2D eigenvalue weighted by Gasteiger charge is 2.22. The van der Waals surface area contributed by atoms with Crippen molar-refractivity contribution in [2.24, 2.45) is 5.92 Å². The van der Waals surface area contributed by atoms with Gasteiger partial charge in [0.1, 0.15) is 5.82 Å². The highest BCUT2D eigenvalue weighted by molar-refractivity contribution is 9.10. The second-order valence-corrected chi connectivity index (χ2v) is 8.30. The van der Waals surface area contributed by atoms with E-state index in [1.54, 1.807) is 0 Å². The number of hydrogen-bond acceptors (Lipinski definition) is 3. The van der Waals surface area contributed by atoms with E-state index < -0.39 is 15.8 Å². The molecule has 1 aliphatic heterocycles. The molecule has 0 amide bonds. The summed E-state index contributed by atoms with van der Waals surface area (Å²) in [6, 6.07) is 3.60. The third kappa shape index (κ3) is 4.75. The third-order valence-corrected chi connectivity index (χ3v) is 6.39. The Morgan fingerprint density at radius 2 is 2.05 bits per heavy atom. The Morgan fingerprint density at radius 3 is 2.64 bits per heavy atom. The summed E-state index contributed by atoms with van der Waals surface area (Å²) in [5.74, 6) is -0.101. The molecule has 1 fully saturated rings. The van der Waals surface area contributed by atoms with Crippen LogP contribution in [0.1, 0.15) is 26.2 Å². The zero-order valence-electron chi connectivity index (χ0n) is 12.7. The number of nitrogens with zero attached hydrogens (tertiary/aromatic N) is 1. The molecule has 1 N–H and O–H groups in total. The number of nitrogens with one attached hydrogen (secondary N) is 1. The van der Waals surface area contributed by atoms with Crippen LogP contribution in [0, 0.1) is 11.7 Å². The first-order valence-electron chi connectivity index (χ1n) is 7.59. The lowest BCUT2D eigenvalue weighted by Gasteiger charge is -2.31. The maximum atomic E-state index is 13.1. The normalized spacial score (nSPS) is 17.8. The lowest BCUT2D eigenvalue weighted by atomic mass is 9.97. The Kier molecular flexibility index (Phi) is 6.37. The van der Waals surface area contributed by atoms with Crippen molar-refractivity contribution in [3.8, 4) is 0 Å². The Morgan fingerprint density at radius 1 is 1.36 bits per heavy atom. The minimum atomic E-state index is -3.61. The van der Waals surface area contributed by atoms with Crippen LogP contribution in [0.5, 0.6) is 0 Å². The van der Waals surface area contributed by atoms with Gasteiger partial charge in [-0.25, -0.2) is 17.5 Å².